The Kier molecular flexibility index (Phi) is 6.09. The molecule has 34 heavy (non-hydrogen) atoms. The summed E-state index contributed by atoms with van der Waals surface area (Å²) < 4.78 is 22.9. The molecular formula is C24H26FN5O4. The molecule has 0 radical (unpaired) electrons. The van der Waals surface area contributed by atoms with Gasteiger partial charge in [-0.3, -0.25) is 9.36 Å². The molecule has 178 valence electrons. The molecule has 1 aliphatic rings. The predicted molar refractivity (Wildman–Crippen MR) is 124 cm³/mol. The van der Waals surface area contributed by atoms with Gasteiger partial charge in [-0.25, -0.2) is 14.2 Å². The molecule has 3 aromatic rings. The minimum Gasteiger partial charge on any atom is -0.480 e. The van der Waals surface area contributed by atoms with E-state index >= 15 is 4.39 Å². The van der Waals surface area contributed by atoms with Crippen LogP contribution in [0.15, 0.2) is 41.3 Å². The Morgan fingerprint density at radius 2 is 2.09 bits per heavy atom. The van der Waals surface area contributed by atoms with Crippen molar-refractivity contribution in [2.24, 2.45) is 0 Å². The van der Waals surface area contributed by atoms with Crippen LogP contribution in [0.2, 0.25) is 0 Å². The molecule has 3 heterocycles. The van der Waals surface area contributed by atoms with Crippen LogP contribution < -0.4 is 15.3 Å². The Balaban J connectivity index is 1.91. The number of aryl methyl sites for hydroxylation is 1. The summed E-state index contributed by atoms with van der Waals surface area (Å²) in [7, 11) is 1.48. The molecule has 1 atom stereocenters. The number of pyridine rings is 1. The monoisotopic (exact) mass is 467 g/mol. The van der Waals surface area contributed by atoms with E-state index in [0.29, 0.717) is 17.1 Å². The van der Waals surface area contributed by atoms with Gasteiger partial charge in [-0.05, 0) is 50.1 Å². The van der Waals surface area contributed by atoms with Gasteiger partial charge in [0.25, 0.3) is 5.91 Å². The molecular weight excluding hydrogens is 441 g/mol. The van der Waals surface area contributed by atoms with Crippen LogP contribution in [0.5, 0.6) is 5.88 Å². The van der Waals surface area contributed by atoms with E-state index in [1.807, 2.05) is 13.8 Å². The van der Waals surface area contributed by atoms with Gasteiger partial charge in [-0.1, -0.05) is 12.2 Å². The highest BCUT2D eigenvalue weighted by Gasteiger charge is 2.36. The van der Waals surface area contributed by atoms with E-state index < -0.39 is 24.0 Å². The lowest BCUT2D eigenvalue weighted by molar-refractivity contribution is 0.0976. The zero-order valence-electron chi connectivity index (χ0n) is 19.5. The number of hydrogen-bond acceptors (Lipinski definition) is 6. The number of nitrogens with zero attached hydrogens (tertiary/aromatic N) is 5. The zero-order valence-corrected chi connectivity index (χ0v) is 19.5. The Labute approximate surface area is 195 Å². The maximum atomic E-state index is 15.3. The molecule has 10 heteroatoms. The second-order valence-electron chi connectivity index (χ2n) is 8.20. The van der Waals surface area contributed by atoms with Gasteiger partial charge < -0.3 is 14.7 Å². The Hall–Kier alpha value is -3.79. The van der Waals surface area contributed by atoms with Gasteiger partial charge in [0, 0.05) is 30.8 Å². The first-order valence-electron chi connectivity index (χ1n) is 10.8. The topological polar surface area (TPSA) is 102 Å². The molecule has 4 rings (SSSR count). The number of aliphatic hydroxyl groups excluding tert-OH is 1. The van der Waals surface area contributed by atoms with Crippen LogP contribution in [0.3, 0.4) is 0 Å². The molecule has 0 spiro atoms. The molecule has 1 aromatic carbocycles. The van der Waals surface area contributed by atoms with Crippen molar-refractivity contribution in [3.8, 4) is 11.6 Å². The molecule has 1 aliphatic heterocycles. The van der Waals surface area contributed by atoms with Crippen molar-refractivity contribution in [2.75, 3.05) is 18.6 Å². The van der Waals surface area contributed by atoms with E-state index in [1.165, 1.54) is 22.6 Å². The lowest BCUT2D eigenvalue weighted by atomic mass is 9.84. The summed E-state index contributed by atoms with van der Waals surface area (Å²) >= 11 is 0. The number of ether oxygens (including phenoxy) is 1. The van der Waals surface area contributed by atoms with Crippen molar-refractivity contribution in [1.29, 1.82) is 0 Å². The maximum absolute atomic E-state index is 15.3. The van der Waals surface area contributed by atoms with Crippen LogP contribution in [0.1, 0.15) is 47.1 Å². The minimum absolute atomic E-state index is 0.0895. The van der Waals surface area contributed by atoms with Gasteiger partial charge in [-0.2, -0.15) is 4.68 Å². The van der Waals surface area contributed by atoms with E-state index in [2.05, 4.69) is 16.7 Å². The largest absolute Gasteiger partial charge is 0.480 e. The second kappa shape index (κ2) is 8.86. The average Bonchev–Trinajstić information content (AvgIpc) is 3.14. The Morgan fingerprint density at radius 3 is 2.68 bits per heavy atom. The van der Waals surface area contributed by atoms with E-state index in [0.717, 1.165) is 21.9 Å². The maximum Gasteiger partial charge on any atom is 0.350 e. The molecule has 0 saturated heterocycles. The van der Waals surface area contributed by atoms with Crippen molar-refractivity contribution in [3.05, 3.63) is 75.4 Å². The van der Waals surface area contributed by atoms with E-state index in [1.54, 1.807) is 19.2 Å². The van der Waals surface area contributed by atoms with Gasteiger partial charge in [0.1, 0.15) is 23.8 Å². The third-order valence-electron chi connectivity index (χ3n) is 6.11. The van der Waals surface area contributed by atoms with Crippen LogP contribution in [0.25, 0.3) is 5.69 Å². The van der Waals surface area contributed by atoms with Crippen molar-refractivity contribution in [2.45, 2.75) is 39.8 Å². The summed E-state index contributed by atoms with van der Waals surface area (Å²) in [5, 5.41) is 13.6. The van der Waals surface area contributed by atoms with Crippen molar-refractivity contribution >= 4 is 11.6 Å². The van der Waals surface area contributed by atoms with Gasteiger partial charge in [-0.15, -0.1) is 5.10 Å². The molecule has 1 amide bonds. The summed E-state index contributed by atoms with van der Waals surface area (Å²) in [6.45, 7) is 9.55. The molecule has 0 saturated carbocycles. The average molecular weight is 468 g/mol. The lowest BCUT2D eigenvalue weighted by Crippen LogP contribution is -2.41. The summed E-state index contributed by atoms with van der Waals surface area (Å²) in [6, 6.07) is 4.38. The number of amides is 1. The SMILES string of the molecule is C=C(C)[C@H]1CN(c2c(C)ccnc2OC)C(=O)c2cc(F)c(-n3nc(CO)n(CC)c3=O)cc21. The van der Waals surface area contributed by atoms with Crippen LogP contribution >= 0.6 is 0 Å². The lowest BCUT2D eigenvalue weighted by Gasteiger charge is -2.36. The number of anilines is 1. The first-order valence-corrected chi connectivity index (χ1v) is 10.8. The van der Waals surface area contributed by atoms with Crippen molar-refractivity contribution < 1.29 is 19.0 Å². The number of fused-ring (bicyclic) bond motifs is 1. The molecule has 2 aromatic heterocycles. The fourth-order valence-electron chi connectivity index (χ4n) is 4.37. The van der Waals surface area contributed by atoms with Gasteiger partial charge in [0.2, 0.25) is 5.88 Å². The highest BCUT2D eigenvalue weighted by atomic mass is 19.1. The van der Waals surface area contributed by atoms with Gasteiger partial charge >= 0.3 is 5.69 Å². The predicted octanol–water partition coefficient (Wildman–Crippen LogP) is 2.72. The highest BCUT2D eigenvalue weighted by Crippen LogP contribution is 2.40. The first-order chi connectivity index (χ1) is 16.2. The Bertz CT molecular complexity index is 1360. The zero-order chi connectivity index (χ0) is 24.7. The highest BCUT2D eigenvalue weighted by molar-refractivity contribution is 6.09. The molecule has 0 fully saturated rings. The summed E-state index contributed by atoms with van der Waals surface area (Å²) in [6.07, 6.45) is 1.59. The van der Waals surface area contributed by atoms with E-state index in [4.69, 9.17) is 4.74 Å². The fraction of sp³-hybridized carbons (Fsp3) is 0.333. The molecule has 0 bridgehead atoms. The van der Waals surface area contributed by atoms with Crippen molar-refractivity contribution in [1.82, 2.24) is 19.3 Å². The van der Waals surface area contributed by atoms with Crippen LogP contribution in [-0.2, 0) is 13.2 Å². The molecule has 0 aliphatic carbocycles. The van der Waals surface area contributed by atoms with Crippen molar-refractivity contribution in [3.63, 3.8) is 0 Å². The third-order valence-corrected chi connectivity index (χ3v) is 6.11. The van der Waals surface area contributed by atoms with Crippen LogP contribution in [0, 0.1) is 12.7 Å². The number of carbonyl (C=O) groups is 1. The summed E-state index contributed by atoms with van der Waals surface area (Å²) in [5.41, 5.74) is 2.12. The number of carbonyl (C=O) groups excluding carboxylic acids is 1. The van der Waals surface area contributed by atoms with E-state index in [9.17, 15) is 14.7 Å². The first kappa shape index (κ1) is 23.4. The van der Waals surface area contributed by atoms with E-state index in [-0.39, 0.29) is 36.1 Å². The number of halogens is 1. The molecule has 9 nitrogen and oxygen atoms in total. The van der Waals surface area contributed by atoms with Crippen LogP contribution in [0.4, 0.5) is 10.1 Å². The summed E-state index contributed by atoms with van der Waals surface area (Å²) in [5.74, 6) is -1.10. The normalized spacial score (nSPS) is 15.4. The van der Waals surface area contributed by atoms with Crippen LogP contribution in [-0.4, -0.2) is 44.0 Å². The minimum atomic E-state index is -0.781. The molecule has 1 N–H and O–H groups in total. The number of aromatic nitrogens is 4. The Morgan fingerprint density at radius 1 is 1.35 bits per heavy atom. The smallest absolute Gasteiger partial charge is 0.350 e. The van der Waals surface area contributed by atoms with Gasteiger partial charge in [0.05, 0.1) is 7.11 Å². The quantitative estimate of drug-likeness (QED) is 0.560. The third kappa shape index (κ3) is 3.60. The van der Waals surface area contributed by atoms with Gasteiger partial charge in [0.15, 0.2) is 5.82 Å². The number of rotatable bonds is 6. The standard InChI is InChI=1S/C24H26FN5O4/c1-6-28-20(12-31)27-30(24(28)33)19-10-15-16(9-18(19)25)23(32)29(11-17(15)13(2)3)21-14(4)7-8-26-22(21)34-5/h7-10,17,31H,2,6,11-12H2,1,3-5H3/t17-/m1/s1. The fourth-order valence-corrected chi connectivity index (χ4v) is 4.37. The second-order valence-corrected chi connectivity index (χ2v) is 8.20. The number of benzene rings is 1. The number of aliphatic hydroxyl groups is 1. The summed E-state index contributed by atoms with van der Waals surface area (Å²) in [4.78, 5) is 32.1. The number of methoxy groups -OCH3 is 1. The molecule has 0 unspecified atom stereocenters. The number of hydrogen-bond donors (Lipinski definition) is 1.